The minimum absolute atomic E-state index is 0.0405. The highest BCUT2D eigenvalue weighted by Crippen LogP contribution is 2.30. The van der Waals surface area contributed by atoms with Crippen molar-refractivity contribution in [1.82, 2.24) is 0 Å². The molecular weight excluding hydrogens is 218 g/mol. The maximum Gasteiger partial charge on any atom is 0.287 e. The first-order valence-corrected chi connectivity index (χ1v) is 4.81. The van der Waals surface area contributed by atoms with Crippen LogP contribution >= 0.6 is 11.6 Å². The predicted octanol–water partition coefficient (Wildman–Crippen LogP) is 2.52. The van der Waals surface area contributed by atoms with E-state index >= 15 is 0 Å². The summed E-state index contributed by atoms with van der Waals surface area (Å²) in [7, 11) is 0. The lowest BCUT2D eigenvalue weighted by molar-refractivity contribution is -0.384. The van der Waals surface area contributed by atoms with Crippen LogP contribution in [0.4, 0.5) is 5.69 Å². The van der Waals surface area contributed by atoms with Gasteiger partial charge in [0.1, 0.15) is 5.02 Å². The lowest BCUT2D eigenvalue weighted by Crippen LogP contribution is -2.21. The van der Waals surface area contributed by atoms with Crippen LogP contribution in [-0.4, -0.2) is 16.6 Å². The molecule has 0 amide bonds. The van der Waals surface area contributed by atoms with E-state index in [1.165, 1.54) is 12.1 Å². The van der Waals surface area contributed by atoms with Gasteiger partial charge in [-0.1, -0.05) is 31.5 Å². The third-order valence-electron chi connectivity index (χ3n) is 2.32. The molecule has 1 rings (SSSR count). The van der Waals surface area contributed by atoms with E-state index in [1.807, 2.05) is 13.8 Å². The summed E-state index contributed by atoms with van der Waals surface area (Å²) >= 11 is 5.76. The Bertz CT molecular complexity index is 390. The molecule has 82 valence electrons. The maximum atomic E-state index is 10.5. The summed E-state index contributed by atoms with van der Waals surface area (Å²) in [5.74, 6) is 0. The first kappa shape index (κ1) is 11.9. The van der Waals surface area contributed by atoms with Gasteiger partial charge in [0, 0.05) is 11.5 Å². The van der Waals surface area contributed by atoms with Crippen molar-refractivity contribution in [1.29, 1.82) is 0 Å². The molecule has 15 heavy (non-hydrogen) atoms. The summed E-state index contributed by atoms with van der Waals surface area (Å²) in [6.45, 7) is 3.64. The van der Waals surface area contributed by atoms with Crippen molar-refractivity contribution in [2.45, 2.75) is 19.3 Å². The number of nitrogens with zero attached hydrogens (tertiary/aromatic N) is 1. The first-order valence-electron chi connectivity index (χ1n) is 4.44. The minimum atomic E-state index is -0.530. The van der Waals surface area contributed by atoms with Crippen LogP contribution in [0.3, 0.4) is 0 Å². The Morgan fingerprint density at radius 1 is 1.53 bits per heavy atom. The maximum absolute atomic E-state index is 10.5. The molecule has 0 bridgehead atoms. The van der Waals surface area contributed by atoms with Crippen molar-refractivity contribution in [3.63, 3.8) is 0 Å². The number of nitro groups is 1. The summed E-state index contributed by atoms with van der Waals surface area (Å²) in [4.78, 5) is 9.99. The second-order valence-electron chi connectivity index (χ2n) is 3.97. The number of hydrogen-bond acceptors (Lipinski definition) is 3. The third kappa shape index (κ3) is 2.46. The molecule has 0 radical (unpaired) electrons. The summed E-state index contributed by atoms with van der Waals surface area (Å²) in [6, 6.07) is 4.49. The van der Waals surface area contributed by atoms with E-state index in [0.717, 1.165) is 5.56 Å². The number of nitro benzene ring substituents is 1. The van der Waals surface area contributed by atoms with Crippen molar-refractivity contribution in [2.75, 3.05) is 6.61 Å². The average molecular weight is 230 g/mol. The fourth-order valence-corrected chi connectivity index (χ4v) is 1.42. The smallest absolute Gasteiger partial charge is 0.287 e. The number of aliphatic hydroxyl groups is 1. The Morgan fingerprint density at radius 3 is 2.53 bits per heavy atom. The summed E-state index contributed by atoms with van der Waals surface area (Å²) in [5, 5.41) is 19.8. The van der Waals surface area contributed by atoms with Crippen LogP contribution in [0.2, 0.25) is 5.02 Å². The zero-order valence-electron chi connectivity index (χ0n) is 8.53. The monoisotopic (exact) mass is 229 g/mol. The molecule has 0 aliphatic rings. The first-order chi connectivity index (χ1) is 6.88. The molecule has 0 aliphatic carbocycles. The molecule has 1 aromatic carbocycles. The van der Waals surface area contributed by atoms with Gasteiger partial charge < -0.3 is 5.11 Å². The topological polar surface area (TPSA) is 63.4 Å². The predicted molar refractivity (Wildman–Crippen MR) is 58.2 cm³/mol. The van der Waals surface area contributed by atoms with Gasteiger partial charge in [-0.15, -0.1) is 0 Å². The van der Waals surface area contributed by atoms with Gasteiger partial charge >= 0.3 is 0 Å². The fourth-order valence-electron chi connectivity index (χ4n) is 1.17. The average Bonchev–Trinajstić information content (AvgIpc) is 2.17. The molecule has 0 heterocycles. The Balaban J connectivity index is 3.18. The second kappa shape index (κ2) is 4.16. The fraction of sp³-hybridized carbons (Fsp3) is 0.400. The molecule has 1 N–H and O–H groups in total. The van der Waals surface area contributed by atoms with Gasteiger partial charge in [-0.3, -0.25) is 10.1 Å². The Hall–Kier alpha value is -1.13. The second-order valence-corrected chi connectivity index (χ2v) is 4.37. The largest absolute Gasteiger partial charge is 0.395 e. The normalized spacial score (nSPS) is 11.5. The Morgan fingerprint density at radius 2 is 2.13 bits per heavy atom. The van der Waals surface area contributed by atoms with E-state index in [0.29, 0.717) is 0 Å². The van der Waals surface area contributed by atoms with Gasteiger partial charge in [-0.25, -0.2) is 0 Å². The van der Waals surface area contributed by atoms with Gasteiger partial charge in [0.2, 0.25) is 0 Å². The molecular formula is C10H12ClNO3. The summed E-state index contributed by atoms with van der Waals surface area (Å²) in [5.41, 5.74) is 0.216. The molecule has 0 spiro atoms. The van der Waals surface area contributed by atoms with Crippen molar-refractivity contribution in [3.8, 4) is 0 Å². The van der Waals surface area contributed by atoms with Crippen LogP contribution in [-0.2, 0) is 5.41 Å². The van der Waals surface area contributed by atoms with Crippen molar-refractivity contribution in [3.05, 3.63) is 38.9 Å². The molecule has 0 fully saturated rings. The number of halogens is 1. The van der Waals surface area contributed by atoms with E-state index in [9.17, 15) is 10.1 Å². The zero-order chi connectivity index (χ0) is 11.6. The number of benzene rings is 1. The van der Waals surface area contributed by atoms with Gasteiger partial charge in [-0.05, 0) is 11.6 Å². The lowest BCUT2D eigenvalue weighted by atomic mass is 9.85. The van der Waals surface area contributed by atoms with Gasteiger partial charge in [0.05, 0.1) is 11.5 Å². The van der Waals surface area contributed by atoms with Gasteiger partial charge in [0.15, 0.2) is 0 Å². The summed E-state index contributed by atoms with van der Waals surface area (Å²) in [6.07, 6.45) is 0. The molecule has 1 aromatic rings. The molecule has 5 heteroatoms. The van der Waals surface area contributed by atoms with E-state index in [4.69, 9.17) is 16.7 Å². The van der Waals surface area contributed by atoms with Crippen LogP contribution in [0, 0.1) is 10.1 Å². The minimum Gasteiger partial charge on any atom is -0.395 e. The highest BCUT2D eigenvalue weighted by molar-refractivity contribution is 6.32. The van der Waals surface area contributed by atoms with E-state index in [2.05, 4.69) is 0 Å². The number of hydrogen-bond donors (Lipinski definition) is 1. The number of aliphatic hydroxyl groups excluding tert-OH is 1. The van der Waals surface area contributed by atoms with Crippen molar-refractivity contribution >= 4 is 17.3 Å². The van der Waals surface area contributed by atoms with Gasteiger partial charge in [0.25, 0.3) is 5.69 Å². The molecule has 0 aliphatic heterocycles. The van der Waals surface area contributed by atoms with Crippen LogP contribution in [0.25, 0.3) is 0 Å². The zero-order valence-corrected chi connectivity index (χ0v) is 9.28. The molecule has 0 saturated carbocycles. The molecule has 0 unspecified atom stereocenters. The Kier molecular flexibility index (Phi) is 3.31. The summed E-state index contributed by atoms with van der Waals surface area (Å²) < 4.78 is 0. The van der Waals surface area contributed by atoms with Crippen LogP contribution in [0.1, 0.15) is 19.4 Å². The highest BCUT2D eigenvalue weighted by Gasteiger charge is 2.22. The van der Waals surface area contributed by atoms with Crippen LogP contribution in [0.15, 0.2) is 18.2 Å². The molecule has 0 aromatic heterocycles. The SMILES string of the molecule is CC(C)(CO)c1ccc([N+](=O)[O-])c(Cl)c1. The molecule has 0 saturated heterocycles. The Labute approximate surface area is 92.6 Å². The van der Waals surface area contributed by atoms with Crippen molar-refractivity contribution in [2.24, 2.45) is 0 Å². The molecule has 0 atom stereocenters. The van der Waals surface area contributed by atoms with Gasteiger partial charge in [-0.2, -0.15) is 0 Å². The van der Waals surface area contributed by atoms with Crippen molar-refractivity contribution < 1.29 is 10.0 Å². The quantitative estimate of drug-likeness (QED) is 0.640. The van der Waals surface area contributed by atoms with E-state index < -0.39 is 10.3 Å². The lowest BCUT2D eigenvalue weighted by Gasteiger charge is -2.22. The van der Waals surface area contributed by atoms with Crippen LogP contribution in [0.5, 0.6) is 0 Å². The standard InChI is InChI=1S/C10H12ClNO3/c1-10(2,6-13)7-3-4-9(12(14)15)8(11)5-7/h3-5,13H,6H2,1-2H3. The van der Waals surface area contributed by atoms with E-state index in [-0.39, 0.29) is 17.3 Å². The van der Waals surface area contributed by atoms with E-state index in [1.54, 1.807) is 6.07 Å². The molecule has 4 nitrogen and oxygen atoms in total. The number of rotatable bonds is 3. The van der Waals surface area contributed by atoms with Crippen LogP contribution < -0.4 is 0 Å². The highest BCUT2D eigenvalue weighted by atomic mass is 35.5. The third-order valence-corrected chi connectivity index (χ3v) is 2.62.